The first-order chi connectivity index (χ1) is 13.3. The Morgan fingerprint density at radius 1 is 1.07 bits per heavy atom. The lowest BCUT2D eigenvalue weighted by Gasteiger charge is -2.28. The number of nitrogens with one attached hydrogen (secondary N) is 3. The van der Waals surface area contributed by atoms with E-state index < -0.39 is 5.23 Å². The number of Topliss-reactive ketones (excluding diaryl/α,β-unsaturated/α-hetero) is 1. The van der Waals surface area contributed by atoms with Crippen LogP contribution < -0.4 is 10.5 Å². The lowest BCUT2D eigenvalue weighted by Crippen LogP contribution is -2.96. The summed E-state index contributed by atoms with van der Waals surface area (Å²) in [4.78, 5) is 20.4. The van der Waals surface area contributed by atoms with Crippen LogP contribution in [0.25, 0.3) is 11.3 Å². The maximum atomic E-state index is 12.9. The van der Waals surface area contributed by atoms with Gasteiger partial charge in [-0.2, -0.15) is 0 Å². The van der Waals surface area contributed by atoms with Gasteiger partial charge in [0, 0.05) is 47.9 Å². The molecule has 2 aromatic heterocycles. The molecule has 1 aromatic carbocycles. The third-order valence-corrected chi connectivity index (χ3v) is 5.01. The molecule has 0 atom stereocenters. The Bertz CT molecular complexity index is 1010. The van der Waals surface area contributed by atoms with Gasteiger partial charge in [0.1, 0.15) is 5.69 Å². The Kier molecular flexibility index (Phi) is 4.50. The number of aromatic amines is 1. The van der Waals surface area contributed by atoms with Gasteiger partial charge in [-0.25, -0.2) is 0 Å². The van der Waals surface area contributed by atoms with Crippen molar-refractivity contribution < 1.29 is 10.0 Å². The molecule has 3 N–H and O–H groups in total. The number of carbonyl (C=O) groups is 1. The zero-order chi connectivity index (χ0) is 19.9. The molecule has 0 saturated heterocycles. The van der Waals surface area contributed by atoms with Crippen LogP contribution in [0.1, 0.15) is 36.3 Å². The summed E-state index contributed by atoms with van der Waals surface area (Å²) in [6, 6.07) is 10.1. The van der Waals surface area contributed by atoms with Crippen LogP contribution >= 0.6 is 0 Å². The summed E-state index contributed by atoms with van der Waals surface area (Å²) in [5, 5.41) is 24.0. The molecule has 0 unspecified atom stereocenters. The lowest BCUT2D eigenvalue weighted by molar-refractivity contribution is -0.715. The number of hydrogen-bond donors (Lipinski definition) is 3. The highest BCUT2D eigenvalue weighted by atomic mass is 16.8. The smallest absolute Gasteiger partial charge is 0.167 e. The van der Waals surface area contributed by atoms with E-state index in [2.05, 4.69) is 29.1 Å². The Morgan fingerprint density at radius 3 is 2.39 bits per heavy atom. The molecule has 1 aliphatic rings. The van der Waals surface area contributed by atoms with Crippen molar-refractivity contribution in [2.75, 3.05) is 5.32 Å². The first kappa shape index (κ1) is 18.4. The average Bonchev–Trinajstić information content (AvgIpc) is 3.00. The number of ketones is 1. The summed E-state index contributed by atoms with van der Waals surface area (Å²) in [6.45, 7) is 4.18. The Hall–Kier alpha value is -3.00. The molecule has 144 valence electrons. The molecule has 0 bridgehead atoms. The van der Waals surface area contributed by atoms with Gasteiger partial charge < -0.3 is 25.9 Å². The van der Waals surface area contributed by atoms with Crippen molar-refractivity contribution in [3.63, 3.8) is 0 Å². The number of nitrogens with zero attached hydrogens (tertiary/aromatic N) is 1. The van der Waals surface area contributed by atoms with Gasteiger partial charge in [-0.05, 0) is 36.1 Å². The first-order valence-electron chi connectivity index (χ1n) is 9.11. The number of H-pyrrole nitrogens is 1. The van der Waals surface area contributed by atoms with Gasteiger partial charge >= 0.3 is 0 Å². The molecule has 2 heterocycles. The van der Waals surface area contributed by atoms with Crippen LogP contribution in [-0.4, -0.2) is 15.8 Å². The summed E-state index contributed by atoms with van der Waals surface area (Å²) in [7, 11) is 0. The lowest BCUT2D eigenvalue weighted by atomic mass is 9.76. The summed E-state index contributed by atoms with van der Waals surface area (Å²) in [5.74, 6) is 0.0941. The van der Waals surface area contributed by atoms with Gasteiger partial charge in [-0.1, -0.05) is 13.8 Å². The van der Waals surface area contributed by atoms with Gasteiger partial charge in [-0.3, -0.25) is 9.78 Å². The summed E-state index contributed by atoms with van der Waals surface area (Å²) in [5.41, 5.74) is 4.75. The second-order valence-corrected chi connectivity index (χ2v) is 7.90. The molecular weight excluding hydrogens is 356 g/mol. The van der Waals surface area contributed by atoms with Crippen LogP contribution in [-0.2, 0) is 6.42 Å². The van der Waals surface area contributed by atoms with E-state index in [1.807, 2.05) is 12.1 Å². The Balaban J connectivity index is 1.80. The van der Waals surface area contributed by atoms with Crippen LogP contribution in [0.5, 0.6) is 0 Å². The fourth-order valence-electron chi connectivity index (χ4n) is 3.75. The van der Waals surface area contributed by atoms with Crippen molar-refractivity contribution in [1.29, 1.82) is 0 Å². The van der Waals surface area contributed by atoms with Gasteiger partial charge in [0.05, 0.1) is 16.9 Å². The minimum Gasteiger partial charge on any atom is -0.628 e. The maximum Gasteiger partial charge on any atom is 0.167 e. The van der Waals surface area contributed by atoms with E-state index >= 15 is 0 Å². The fraction of sp³-hybridized carbons (Fsp3) is 0.238. The molecule has 0 fully saturated rings. The highest BCUT2D eigenvalue weighted by Crippen LogP contribution is 2.43. The Morgan fingerprint density at radius 2 is 1.75 bits per heavy atom. The van der Waals surface area contributed by atoms with Crippen molar-refractivity contribution in [3.05, 3.63) is 70.5 Å². The minimum absolute atomic E-state index is 0.0941. The monoisotopic (exact) mass is 377 g/mol. The van der Waals surface area contributed by atoms with E-state index in [0.717, 1.165) is 23.4 Å². The largest absolute Gasteiger partial charge is 0.628 e. The van der Waals surface area contributed by atoms with E-state index in [-0.39, 0.29) is 16.9 Å². The standard InChI is InChI=1S/C21H21N4O3/c1-21(2)11-16-18(17(26)12-21)20(19(24-16)13-7-9-22-10-8-13)23-14-3-5-15(6-4-14)25(27)28/h3-10,23-25H,11-12H2,1-2H3/q-1. The van der Waals surface area contributed by atoms with Crippen LogP contribution in [0.3, 0.4) is 0 Å². The number of aromatic nitrogens is 2. The number of pyridine rings is 1. The average molecular weight is 377 g/mol. The predicted octanol–water partition coefficient (Wildman–Crippen LogP) is 3.49. The molecule has 28 heavy (non-hydrogen) atoms. The number of hydrogen-bond acceptors (Lipinski definition) is 5. The number of fused-ring (bicyclic) bond motifs is 1. The van der Waals surface area contributed by atoms with Gasteiger partial charge in [0.2, 0.25) is 0 Å². The van der Waals surface area contributed by atoms with Gasteiger partial charge in [0.15, 0.2) is 5.78 Å². The summed E-state index contributed by atoms with van der Waals surface area (Å²) < 4.78 is 0. The number of quaternary nitrogens is 1. The summed E-state index contributed by atoms with van der Waals surface area (Å²) >= 11 is 0. The molecule has 4 rings (SSSR count). The number of anilines is 2. The van der Waals surface area contributed by atoms with E-state index in [9.17, 15) is 15.2 Å². The van der Waals surface area contributed by atoms with E-state index in [0.29, 0.717) is 23.4 Å². The van der Waals surface area contributed by atoms with Gasteiger partial charge in [-0.15, -0.1) is 0 Å². The fourth-order valence-corrected chi connectivity index (χ4v) is 3.75. The number of benzene rings is 1. The number of rotatable bonds is 4. The Labute approximate surface area is 162 Å². The molecule has 3 aromatic rings. The molecule has 0 amide bonds. The summed E-state index contributed by atoms with van der Waals surface area (Å²) in [6.07, 6.45) is 4.67. The zero-order valence-electron chi connectivity index (χ0n) is 15.7. The topological polar surface area (TPSA) is 108 Å². The predicted molar refractivity (Wildman–Crippen MR) is 108 cm³/mol. The highest BCUT2D eigenvalue weighted by Gasteiger charge is 2.35. The van der Waals surface area contributed by atoms with Crippen LogP contribution in [0.2, 0.25) is 0 Å². The molecule has 7 nitrogen and oxygen atoms in total. The third kappa shape index (κ3) is 3.43. The molecule has 7 heteroatoms. The minimum atomic E-state index is -1.22. The van der Waals surface area contributed by atoms with Crippen molar-refractivity contribution in [2.45, 2.75) is 26.7 Å². The van der Waals surface area contributed by atoms with Crippen molar-refractivity contribution in [1.82, 2.24) is 9.97 Å². The molecule has 1 aliphatic carbocycles. The molecule has 0 radical (unpaired) electrons. The maximum absolute atomic E-state index is 12.9. The SMILES string of the molecule is CC1(C)CC(=O)c2c([nH]c(-c3ccncc3)c2Nc2ccc([NH+]([O-])[O-])cc2)C1. The number of carbonyl (C=O) groups excluding carboxylic acids is 1. The van der Waals surface area contributed by atoms with E-state index in [4.69, 9.17) is 0 Å². The van der Waals surface area contributed by atoms with Gasteiger partial charge in [0.25, 0.3) is 0 Å². The van der Waals surface area contributed by atoms with Crippen molar-refractivity contribution >= 4 is 22.8 Å². The second kappa shape index (κ2) is 6.87. The van der Waals surface area contributed by atoms with Crippen molar-refractivity contribution in [3.8, 4) is 11.3 Å². The molecule has 0 spiro atoms. The molecule has 0 aliphatic heterocycles. The van der Waals surface area contributed by atoms with Crippen LogP contribution in [0.15, 0.2) is 48.8 Å². The highest BCUT2D eigenvalue weighted by molar-refractivity contribution is 6.07. The molecule has 0 saturated carbocycles. The van der Waals surface area contributed by atoms with E-state index in [1.165, 1.54) is 12.1 Å². The first-order valence-corrected chi connectivity index (χ1v) is 9.11. The van der Waals surface area contributed by atoms with Crippen molar-refractivity contribution in [2.24, 2.45) is 5.41 Å². The molecular formula is C21H21N4O3-. The normalized spacial score (nSPS) is 15.5. The van der Waals surface area contributed by atoms with Crippen LogP contribution in [0.4, 0.5) is 17.1 Å². The second-order valence-electron chi connectivity index (χ2n) is 7.90. The van der Waals surface area contributed by atoms with E-state index in [1.54, 1.807) is 24.5 Å². The third-order valence-electron chi connectivity index (χ3n) is 5.01. The zero-order valence-corrected chi connectivity index (χ0v) is 15.7. The quantitative estimate of drug-likeness (QED) is 0.603. The van der Waals surface area contributed by atoms with Crippen LogP contribution in [0, 0.1) is 15.8 Å².